The van der Waals surface area contributed by atoms with Crippen molar-refractivity contribution in [3.05, 3.63) is 90.3 Å². The molecular weight excluding hydrogens is 370 g/mol. The van der Waals surface area contributed by atoms with Crippen LogP contribution < -0.4 is 5.32 Å². The molecule has 4 rings (SSSR count). The van der Waals surface area contributed by atoms with Crippen LogP contribution in [0.2, 0.25) is 0 Å². The maximum Gasteiger partial charge on any atom is 0.227 e. The van der Waals surface area contributed by atoms with E-state index in [9.17, 15) is 4.79 Å². The van der Waals surface area contributed by atoms with Crippen LogP contribution >= 0.6 is 0 Å². The van der Waals surface area contributed by atoms with Crippen LogP contribution in [0.5, 0.6) is 0 Å². The second kappa shape index (κ2) is 9.23. The van der Waals surface area contributed by atoms with Gasteiger partial charge in [-0.3, -0.25) is 14.7 Å². The predicted octanol–water partition coefficient (Wildman–Crippen LogP) is 4.32. The number of nitrogens with one attached hydrogen (secondary N) is 1. The number of likely N-dealkylation sites (tertiary alicyclic amines) is 1. The smallest absolute Gasteiger partial charge is 0.227 e. The first kappa shape index (κ1) is 20.3. The number of benzene rings is 2. The maximum atomic E-state index is 13.2. The number of pyridine rings is 1. The number of rotatable bonds is 6. The fraction of sp³-hybridized carbons (Fsp3) is 0.308. The van der Waals surface area contributed by atoms with Gasteiger partial charge in [0.2, 0.25) is 5.91 Å². The first-order chi connectivity index (χ1) is 14.7. The molecule has 2 aromatic carbocycles. The third-order valence-corrected chi connectivity index (χ3v) is 6.11. The highest BCUT2D eigenvalue weighted by molar-refractivity contribution is 5.83. The fourth-order valence-corrected chi connectivity index (χ4v) is 4.70. The average molecular weight is 400 g/mol. The molecule has 1 aliphatic heterocycles. The first-order valence-corrected chi connectivity index (χ1v) is 10.7. The molecule has 1 N–H and O–H groups in total. The Balaban J connectivity index is 1.63. The Morgan fingerprint density at radius 2 is 1.80 bits per heavy atom. The summed E-state index contributed by atoms with van der Waals surface area (Å²) in [6.07, 6.45) is 4.47. The summed E-state index contributed by atoms with van der Waals surface area (Å²) in [6, 6.07) is 25.0. The minimum absolute atomic E-state index is 0.135. The lowest BCUT2D eigenvalue weighted by atomic mass is 9.73. The largest absolute Gasteiger partial charge is 0.359 e. The normalized spacial score (nSPS) is 19.4. The molecule has 1 unspecified atom stereocenters. The number of amides is 1. The Bertz CT molecular complexity index is 974. The third kappa shape index (κ3) is 4.44. The Kier molecular flexibility index (Phi) is 6.24. The lowest BCUT2D eigenvalue weighted by Gasteiger charge is -2.42. The highest BCUT2D eigenvalue weighted by Gasteiger charge is 2.42. The van der Waals surface area contributed by atoms with Gasteiger partial charge < -0.3 is 5.32 Å². The minimum atomic E-state index is -0.438. The number of carbonyl (C=O) groups excluding carboxylic acids is 1. The molecule has 154 valence electrons. The second-order valence-corrected chi connectivity index (χ2v) is 8.19. The summed E-state index contributed by atoms with van der Waals surface area (Å²) in [5.41, 5.74) is 4.25. The summed E-state index contributed by atoms with van der Waals surface area (Å²) >= 11 is 0. The van der Waals surface area contributed by atoms with E-state index in [1.54, 1.807) is 7.05 Å². The molecule has 0 spiro atoms. The molecule has 30 heavy (non-hydrogen) atoms. The third-order valence-electron chi connectivity index (χ3n) is 6.11. The molecule has 1 amide bonds. The lowest BCUT2D eigenvalue weighted by molar-refractivity contribution is -0.134. The van der Waals surface area contributed by atoms with Crippen molar-refractivity contribution in [1.82, 2.24) is 15.2 Å². The molecule has 4 nitrogen and oxygen atoms in total. The van der Waals surface area contributed by atoms with Gasteiger partial charge in [-0.2, -0.15) is 0 Å². The molecule has 3 aromatic rings. The Morgan fingerprint density at radius 1 is 1.03 bits per heavy atom. The highest BCUT2D eigenvalue weighted by atomic mass is 16.2. The predicted molar refractivity (Wildman–Crippen MR) is 121 cm³/mol. The Morgan fingerprint density at radius 3 is 2.57 bits per heavy atom. The molecule has 2 heterocycles. The van der Waals surface area contributed by atoms with Gasteiger partial charge in [0, 0.05) is 26.3 Å². The van der Waals surface area contributed by atoms with Gasteiger partial charge >= 0.3 is 0 Å². The maximum absolute atomic E-state index is 13.2. The van der Waals surface area contributed by atoms with Crippen LogP contribution in [0.15, 0.2) is 79.0 Å². The van der Waals surface area contributed by atoms with Crippen LogP contribution in [-0.2, 0) is 17.8 Å². The molecule has 0 radical (unpaired) electrons. The van der Waals surface area contributed by atoms with E-state index < -0.39 is 5.41 Å². The first-order valence-electron chi connectivity index (χ1n) is 10.7. The zero-order valence-corrected chi connectivity index (χ0v) is 17.6. The number of nitrogens with zero attached hydrogens (tertiary/aromatic N) is 2. The van der Waals surface area contributed by atoms with Crippen molar-refractivity contribution in [3.63, 3.8) is 0 Å². The van der Waals surface area contributed by atoms with Crippen LogP contribution in [-0.4, -0.2) is 35.9 Å². The van der Waals surface area contributed by atoms with E-state index in [0.717, 1.165) is 44.6 Å². The van der Waals surface area contributed by atoms with Crippen molar-refractivity contribution in [2.24, 2.45) is 5.41 Å². The summed E-state index contributed by atoms with van der Waals surface area (Å²) in [7, 11) is 1.75. The van der Waals surface area contributed by atoms with Crippen molar-refractivity contribution in [2.45, 2.75) is 25.8 Å². The van der Waals surface area contributed by atoms with Crippen molar-refractivity contribution in [2.75, 3.05) is 20.1 Å². The van der Waals surface area contributed by atoms with Crippen LogP contribution in [0.25, 0.3) is 11.1 Å². The van der Waals surface area contributed by atoms with Gasteiger partial charge in [-0.25, -0.2) is 0 Å². The number of aromatic nitrogens is 1. The van der Waals surface area contributed by atoms with E-state index in [-0.39, 0.29) is 5.91 Å². The van der Waals surface area contributed by atoms with Gasteiger partial charge in [-0.15, -0.1) is 0 Å². The molecule has 1 aromatic heterocycles. The van der Waals surface area contributed by atoms with E-state index in [2.05, 4.69) is 69.8 Å². The summed E-state index contributed by atoms with van der Waals surface area (Å²) in [5, 5.41) is 2.96. The SMILES string of the molecule is CNC(=O)C1(Cc2ccccc2-c2ccccc2)CCCN(Cc2ccccn2)C1. The van der Waals surface area contributed by atoms with E-state index in [1.807, 2.05) is 24.4 Å². The lowest BCUT2D eigenvalue weighted by Crippen LogP contribution is -2.52. The van der Waals surface area contributed by atoms with Crippen LogP contribution in [0.4, 0.5) is 0 Å². The second-order valence-electron chi connectivity index (χ2n) is 8.19. The standard InChI is InChI=1S/C26H29N3O/c1-27-25(30)26(15-9-17-29(20-26)19-23-13-7-8-16-28-23)18-22-12-5-6-14-24(22)21-10-3-2-4-11-21/h2-8,10-14,16H,9,15,17-20H2,1H3,(H,27,30). The van der Waals surface area contributed by atoms with Gasteiger partial charge in [-0.1, -0.05) is 60.7 Å². The van der Waals surface area contributed by atoms with Crippen LogP contribution in [0, 0.1) is 5.41 Å². The Labute approximate surface area is 179 Å². The van der Waals surface area contributed by atoms with Crippen molar-refractivity contribution < 1.29 is 4.79 Å². The highest BCUT2D eigenvalue weighted by Crippen LogP contribution is 2.37. The van der Waals surface area contributed by atoms with Gasteiger partial charge in [0.15, 0.2) is 0 Å². The topological polar surface area (TPSA) is 45.2 Å². The van der Waals surface area contributed by atoms with E-state index in [1.165, 1.54) is 16.7 Å². The molecule has 1 fully saturated rings. The fourth-order valence-electron chi connectivity index (χ4n) is 4.70. The van der Waals surface area contributed by atoms with Crippen molar-refractivity contribution >= 4 is 5.91 Å². The molecule has 0 saturated carbocycles. The van der Waals surface area contributed by atoms with E-state index >= 15 is 0 Å². The zero-order valence-electron chi connectivity index (χ0n) is 17.6. The molecule has 1 saturated heterocycles. The van der Waals surface area contributed by atoms with Crippen LogP contribution in [0.1, 0.15) is 24.1 Å². The summed E-state index contributed by atoms with van der Waals surface area (Å²) in [6.45, 7) is 2.52. The molecule has 4 heteroatoms. The van der Waals surface area contributed by atoms with E-state index in [0.29, 0.717) is 0 Å². The monoisotopic (exact) mass is 399 g/mol. The van der Waals surface area contributed by atoms with E-state index in [4.69, 9.17) is 0 Å². The summed E-state index contributed by atoms with van der Waals surface area (Å²) in [4.78, 5) is 20.0. The molecular formula is C26H29N3O. The van der Waals surface area contributed by atoms with Gasteiger partial charge in [-0.05, 0) is 54.6 Å². The number of piperidine rings is 1. The van der Waals surface area contributed by atoms with Crippen molar-refractivity contribution in [1.29, 1.82) is 0 Å². The van der Waals surface area contributed by atoms with Crippen LogP contribution in [0.3, 0.4) is 0 Å². The Hall–Kier alpha value is -2.98. The molecule has 1 aliphatic rings. The number of hydrogen-bond acceptors (Lipinski definition) is 3. The molecule has 0 aliphatic carbocycles. The zero-order chi connectivity index (χ0) is 20.8. The number of hydrogen-bond donors (Lipinski definition) is 1. The number of carbonyl (C=O) groups is 1. The van der Waals surface area contributed by atoms with Gasteiger partial charge in [0.05, 0.1) is 11.1 Å². The van der Waals surface area contributed by atoms with Crippen molar-refractivity contribution in [3.8, 4) is 11.1 Å². The van der Waals surface area contributed by atoms with Gasteiger partial charge in [0.1, 0.15) is 0 Å². The molecule has 1 atom stereocenters. The average Bonchev–Trinajstić information content (AvgIpc) is 2.80. The summed E-state index contributed by atoms with van der Waals surface area (Å²) in [5.74, 6) is 0.135. The summed E-state index contributed by atoms with van der Waals surface area (Å²) < 4.78 is 0. The minimum Gasteiger partial charge on any atom is -0.359 e. The molecule has 0 bridgehead atoms. The quantitative estimate of drug-likeness (QED) is 0.671. The van der Waals surface area contributed by atoms with Gasteiger partial charge in [0.25, 0.3) is 0 Å².